The smallest absolute Gasteiger partial charge is 0.130 e. The zero-order chi connectivity index (χ0) is 9.41. The predicted molar refractivity (Wildman–Crippen MR) is 50.9 cm³/mol. The molecule has 0 aromatic heterocycles. The second-order valence-electron chi connectivity index (χ2n) is 4.97. The highest BCUT2D eigenvalue weighted by molar-refractivity contribution is 5.69. The third kappa shape index (κ3) is 1.96. The van der Waals surface area contributed by atoms with Crippen molar-refractivity contribution in [1.29, 1.82) is 0 Å². The Morgan fingerprint density at radius 2 is 1.83 bits per heavy atom. The lowest BCUT2D eigenvalue weighted by Gasteiger charge is -2.17. The van der Waals surface area contributed by atoms with E-state index in [1.165, 1.54) is 5.57 Å². The minimum absolute atomic E-state index is 0.0622. The molecule has 1 aliphatic rings. The molecular weight excluding hydrogens is 148 g/mol. The minimum Gasteiger partial charge on any atom is -0.302 e. The summed E-state index contributed by atoms with van der Waals surface area (Å²) in [6.07, 6.45) is 5.43. The van der Waals surface area contributed by atoms with Crippen LogP contribution in [-0.2, 0) is 4.79 Å². The SMILES string of the molecule is CC(=CC(C)(C)C)C1(C=O)CC1. The van der Waals surface area contributed by atoms with Crippen molar-refractivity contribution in [1.82, 2.24) is 0 Å². The van der Waals surface area contributed by atoms with Gasteiger partial charge in [-0.05, 0) is 25.2 Å². The molecule has 0 aromatic rings. The van der Waals surface area contributed by atoms with E-state index < -0.39 is 0 Å². The fourth-order valence-corrected chi connectivity index (χ4v) is 1.53. The third-order valence-corrected chi connectivity index (χ3v) is 2.45. The Hall–Kier alpha value is -0.590. The highest BCUT2D eigenvalue weighted by Gasteiger charge is 2.44. The van der Waals surface area contributed by atoms with Crippen molar-refractivity contribution in [2.24, 2.45) is 10.8 Å². The van der Waals surface area contributed by atoms with Gasteiger partial charge in [0.15, 0.2) is 0 Å². The Bertz CT molecular complexity index is 214. The van der Waals surface area contributed by atoms with E-state index in [0.717, 1.165) is 19.1 Å². The summed E-state index contributed by atoms with van der Waals surface area (Å²) in [5.41, 5.74) is 1.39. The van der Waals surface area contributed by atoms with Gasteiger partial charge < -0.3 is 4.79 Å². The number of allylic oxidation sites excluding steroid dienone is 2. The quantitative estimate of drug-likeness (QED) is 0.455. The van der Waals surface area contributed by atoms with Crippen molar-refractivity contribution in [3.8, 4) is 0 Å². The van der Waals surface area contributed by atoms with Gasteiger partial charge in [-0.3, -0.25) is 0 Å². The summed E-state index contributed by atoms with van der Waals surface area (Å²) in [6, 6.07) is 0. The molecule has 1 nitrogen and oxygen atoms in total. The van der Waals surface area contributed by atoms with Crippen LogP contribution in [0.4, 0.5) is 0 Å². The van der Waals surface area contributed by atoms with Crippen molar-refractivity contribution >= 4 is 6.29 Å². The first-order valence-corrected chi connectivity index (χ1v) is 4.56. The first-order valence-electron chi connectivity index (χ1n) is 4.56. The van der Waals surface area contributed by atoms with E-state index in [9.17, 15) is 4.79 Å². The Labute approximate surface area is 74.9 Å². The molecule has 12 heavy (non-hydrogen) atoms. The van der Waals surface area contributed by atoms with E-state index >= 15 is 0 Å². The zero-order valence-electron chi connectivity index (χ0n) is 8.48. The molecule has 1 aliphatic carbocycles. The number of carbonyl (C=O) groups is 1. The average molecular weight is 166 g/mol. The fraction of sp³-hybridized carbons (Fsp3) is 0.727. The summed E-state index contributed by atoms with van der Waals surface area (Å²) in [5.74, 6) is 0. The van der Waals surface area contributed by atoms with Crippen LogP contribution in [0.25, 0.3) is 0 Å². The molecule has 1 rings (SSSR count). The summed E-state index contributed by atoms with van der Waals surface area (Å²) in [6.45, 7) is 8.57. The second-order valence-corrected chi connectivity index (χ2v) is 4.97. The molecule has 0 spiro atoms. The molecule has 0 N–H and O–H groups in total. The lowest BCUT2D eigenvalue weighted by Crippen LogP contribution is -2.08. The van der Waals surface area contributed by atoms with Crippen LogP contribution in [0, 0.1) is 10.8 Å². The molecule has 0 aliphatic heterocycles. The Kier molecular flexibility index (Phi) is 2.15. The Morgan fingerprint density at radius 3 is 2.08 bits per heavy atom. The number of aldehydes is 1. The van der Waals surface area contributed by atoms with Crippen molar-refractivity contribution in [3.63, 3.8) is 0 Å². The van der Waals surface area contributed by atoms with Gasteiger partial charge in [0.05, 0.1) is 0 Å². The third-order valence-electron chi connectivity index (χ3n) is 2.45. The number of carbonyl (C=O) groups excluding carboxylic acids is 1. The van der Waals surface area contributed by atoms with Crippen LogP contribution in [0.3, 0.4) is 0 Å². The van der Waals surface area contributed by atoms with Crippen LogP contribution in [-0.4, -0.2) is 6.29 Å². The van der Waals surface area contributed by atoms with E-state index in [2.05, 4.69) is 33.8 Å². The highest BCUT2D eigenvalue weighted by atomic mass is 16.1. The van der Waals surface area contributed by atoms with Gasteiger partial charge in [-0.1, -0.05) is 32.4 Å². The fourth-order valence-electron chi connectivity index (χ4n) is 1.53. The van der Waals surface area contributed by atoms with Gasteiger partial charge in [-0.15, -0.1) is 0 Å². The van der Waals surface area contributed by atoms with E-state index in [1.807, 2.05) is 0 Å². The Morgan fingerprint density at radius 1 is 1.33 bits per heavy atom. The van der Waals surface area contributed by atoms with Crippen molar-refractivity contribution in [3.05, 3.63) is 11.6 Å². The zero-order valence-corrected chi connectivity index (χ0v) is 8.48. The van der Waals surface area contributed by atoms with E-state index in [-0.39, 0.29) is 10.8 Å². The molecule has 1 heteroatoms. The summed E-state index contributed by atoms with van der Waals surface area (Å²) >= 11 is 0. The normalized spacial score (nSPS) is 22.2. The van der Waals surface area contributed by atoms with Gasteiger partial charge in [0, 0.05) is 5.41 Å². The molecule has 0 aromatic carbocycles. The standard InChI is InChI=1S/C11H18O/c1-9(7-10(2,3)4)11(8-12)5-6-11/h7-8H,5-6H2,1-4H3. The van der Waals surface area contributed by atoms with Crippen LogP contribution in [0.1, 0.15) is 40.5 Å². The summed E-state index contributed by atoms with van der Waals surface area (Å²) in [7, 11) is 0. The van der Waals surface area contributed by atoms with Gasteiger partial charge in [0.1, 0.15) is 6.29 Å². The van der Waals surface area contributed by atoms with Crippen LogP contribution in [0.5, 0.6) is 0 Å². The average Bonchev–Trinajstić information content (AvgIpc) is 2.62. The summed E-state index contributed by atoms with van der Waals surface area (Å²) in [5, 5.41) is 0. The maximum absolute atomic E-state index is 10.8. The largest absolute Gasteiger partial charge is 0.302 e. The summed E-state index contributed by atoms with van der Waals surface area (Å²) < 4.78 is 0. The van der Waals surface area contributed by atoms with E-state index in [4.69, 9.17) is 0 Å². The van der Waals surface area contributed by atoms with Crippen LogP contribution in [0.15, 0.2) is 11.6 Å². The van der Waals surface area contributed by atoms with Crippen molar-refractivity contribution in [2.45, 2.75) is 40.5 Å². The number of hydrogen-bond donors (Lipinski definition) is 0. The van der Waals surface area contributed by atoms with Crippen LogP contribution >= 0.6 is 0 Å². The van der Waals surface area contributed by atoms with Gasteiger partial charge in [0.25, 0.3) is 0 Å². The molecule has 0 unspecified atom stereocenters. The molecule has 0 heterocycles. The molecule has 1 saturated carbocycles. The molecule has 0 bridgehead atoms. The molecule has 68 valence electrons. The number of rotatable bonds is 2. The second kappa shape index (κ2) is 2.72. The van der Waals surface area contributed by atoms with E-state index in [0.29, 0.717) is 0 Å². The van der Waals surface area contributed by atoms with Gasteiger partial charge in [-0.25, -0.2) is 0 Å². The van der Waals surface area contributed by atoms with Crippen molar-refractivity contribution in [2.75, 3.05) is 0 Å². The number of hydrogen-bond acceptors (Lipinski definition) is 1. The van der Waals surface area contributed by atoms with E-state index in [1.54, 1.807) is 0 Å². The molecule has 0 atom stereocenters. The lowest BCUT2D eigenvalue weighted by atomic mass is 9.88. The molecule has 0 saturated heterocycles. The topological polar surface area (TPSA) is 17.1 Å². The highest BCUT2D eigenvalue weighted by Crippen LogP contribution is 2.50. The maximum Gasteiger partial charge on any atom is 0.130 e. The monoisotopic (exact) mass is 166 g/mol. The van der Waals surface area contributed by atoms with Crippen LogP contribution < -0.4 is 0 Å². The summed E-state index contributed by atoms with van der Waals surface area (Å²) in [4.78, 5) is 10.8. The minimum atomic E-state index is -0.0622. The maximum atomic E-state index is 10.8. The van der Waals surface area contributed by atoms with Gasteiger partial charge in [-0.2, -0.15) is 0 Å². The molecule has 1 fully saturated rings. The van der Waals surface area contributed by atoms with Crippen LogP contribution in [0.2, 0.25) is 0 Å². The molecular formula is C11H18O. The Balaban J connectivity index is 2.77. The van der Waals surface area contributed by atoms with Gasteiger partial charge >= 0.3 is 0 Å². The molecule has 0 radical (unpaired) electrons. The first kappa shape index (κ1) is 9.50. The molecule has 0 amide bonds. The van der Waals surface area contributed by atoms with Crippen molar-refractivity contribution < 1.29 is 4.79 Å². The van der Waals surface area contributed by atoms with Gasteiger partial charge in [0.2, 0.25) is 0 Å². The predicted octanol–water partition coefficient (Wildman–Crippen LogP) is 2.96. The lowest BCUT2D eigenvalue weighted by molar-refractivity contribution is -0.111. The first-order chi connectivity index (χ1) is 5.40.